The Hall–Kier alpha value is -2.26. The highest BCUT2D eigenvalue weighted by Gasteiger charge is 2.20. The molecule has 2 N–H and O–H groups in total. The minimum atomic E-state index is -0.866. The first-order chi connectivity index (χ1) is 10.9. The Bertz CT molecular complexity index is 925. The molecule has 0 unspecified atom stereocenters. The monoisotopic (exact) mass is 327 g/mol. The van der Waals surface area contributed by atoms with Crippen LogP contribution in [0.1, 0.15) is 22.3 Å². The lowest BCUT2D eigenvalue weighted by Gasteiger charge is -2.08. The summed E-state index contributed by atoms with van der Waals surface area (Å²) < 4.78 is 0. The molecule has 3 nitrogen and oxygen atoms in total. The van der Waals surface area contributed by atoms with E-state index in [4.69, 9.17) is 11.6 Å². The van der Waals surface area contributed by atoms with Gasteiger partial charge in [0.2, 0.25) is 0 Å². The van der Waals surface area contributed by atoms with Crippen LogP contribution in [-0.4, -0.2) is 16.1 Å². The lowest BCUT2D eigenvalue weighted by Crippen LogP contribution is -2.01. The van der Waals surface area contributed by atoms with Gasteiger partial charge in [-0.2, -0.15) is 0 Å². The summed E-state index contributed by atoms with van der Waals surface area (Å²) in [6.07, 6.45) is -0.0637. The van der Waals surface area contributed by atoms with Crippen molar-refractivity contribution >= 4 is 28.5 Å². The molecule has 0 fully saturated rings. The second kappa shape index (κ2) is 5.74. The molecule has 0 atom stereocenters. The fraction of sp³-hybridized carbons (Fsp3) is 0.211. The van der Waals surface area contributed by atoms with E-state index in [9.17, 15) is 9.90 Å². The molecular weight excluding hydrogens is 310 g/mol. The first kappa shape index (κ1) is 15.6. The van der Waals surface area contributed by atoms with E-state index in [-0.39, 0.29) is 6.42 Å². The van der Waals surface area contributed by atoms with Crippen LogP contribution in [0.25, 0.3) is 22.2 Å². The Morgan fingerprint density at radius 1 is 1.13 bits per heavy atom. The molecule has 0 spiro atoms. The van der Waals surface area contributed by atoms with Gasteiger partial charge >= 0.3 is 5.97 Å². The number of benzene rings is 2. The van der Waals surface area contributed by atoms with Crippen LogP contribution in [0.15, 0.2) is 30.3 Å². The quantitative estimate of drug-likeness (QED) is 0.708. The summed E-state index contributed by atoms with van der Waals surface area (Å²) in [5, 5.41) is 10.7. The fourth-order valence-corrected chi connectivity index (χ4v) is 3.39. The molecule has 0 amide bonds. The van der Waals surface area contributed by atoms with Gasteiger partial charge in [-0.15, -0.1) is 0 Å². The lowest BCUT2D eigenvalue weighted by molar-refractivity contribution is -0.136. The van der Waals surface area contributed by atoms with Gasteiger partial charge in [0.1, 0.15) is 0 Å². The zero-order valence-corrected chi connectivity index (χ0v) is 14.1. The fourth-order valence-electron chi connectivity index (χ4n) is 3.11. The Labute approximate surface area is 139 Å². The van der Waals surface area contributed by atoms with Gasteiger partial charge in [0, 0.05) is 10.9 Å². The topological polar surface area (TPSA) is 53.1 Å². The average Bonchev–Trinajstić information content (AvgIpc) is 2.83. The van der Waals surface area contributed by atoms with Gasteiger partial charge in [-0.25, -0.2) is 0 Å². The minimum Gasteiger partial charge on any atom is -0.481 e. The smallest absolute Gasteiger partial charge is 0.307 e. The third-order valence-electron chi connectivity index (χ3n) is 4.20. The Morgan fingerprint density at radius 2 is 1.87 bits per heavy atom. The number of aromatic nitrogens is 1. The predicted octanol–water partition coefficient (Wildman–Crippen LogP) is 5.04. The molecule has 4 heteroatoms. The van der Waals surface area contributed by atoms with Crippen molar-refractivity contribution in [2.75, 3.05) is 0 Å². The maximum atomic E-state index is 11.4. The van der Waals surface area contributed by atoms with Gasteiger partial charge in [-0.05, 0) is 43.5 Å². The van der Waals surface area contributed by atoms with Crippen LogP contribution >= 0.6 is 11.6 Å². The molecule has 0 aliphatic rings. The average molecular weight is 328 g/mol. The number of aromatic amines is 1. The van der Waals surface area contributed by atoms with Crippen molar-refractivity contribution in [2.24, 2.45) is 0 Å². The van der Waals surface area contributed by atoms with E-state index in [1.165, 1.54) is 5.56 Å². The van der Waals surface area contributed by atoms with Crippen LogP contribution in [0.5, 0.6) is 0 Å². The predicted molar refractivity (Wildman–Crippen MR) is 94.3 cm³/mol. The molecule has 1 aromatic heterocycles. The molecule has 0 radical (unpaired) electrons. The Kier molecular flexibility index (Phi) is 3.90. The van der Waals surface area contributed by atoms with E-state index in [1.807, 2.05) is 45.0 Å². The molecule has 3 aromatic rings. The largest absolute Gasteiger partial charge is 0.481 e. The SMILES string of the molecule is Cc1ccc(-c2[nH]c3c(C)ccc(Cl)c3c2CC(=O)O)c(C)c1. The number of aliphatic carboxylic acids is 1. The number of carbonyl (C=O) groups is 1. The highest BCUT2D eigenvalue weighted by Crippen LogP contribution is 2.37. The lowest BCUT2D eigenvalue weighted by atomic mass is 9.97. The summed E-state index contributed by atoms with van der Waals surface area (Å²) in [4.78, 5) is 14.8. The minimum absolute atomic E-state index is 0.0637. The van der Waals surface area contributed by atoms with Gasteiger partial charge in [0.05, 0.1) is 22.7 Å². The van der Waals surface area contributed by atoms with Crippen molar-refractivity contribution in [1.29, 1.82) is 0 Å². The van der Waals surface area contributed by atoms with Crippen molar-refractivity contribution < 1.29 is 9.90 Å². The van der Waals surface area contributed by atoms with Crippen molar-refractivity contribution in [2.45, 2.75) is 27.2 Å². The molecule has 0 aliphatic heterocycles. The highest BCUT2D eigenvalue weighted by molar-refractivity contribution is 6.36. The molecule has 118 valence electrons. The third-order valence-corrected chi connectivity index (χ3v) is 4.51. The molecule has 1 heterocycles. The van der Waals surface area contributed by atoms with Gasteiger partial charge < -0.3 is 10.1 Å². The Balaban J connectivity index is 2.37. The second-order valence-electron chi connectivity index (χ2n) is 5.98. The van der Waals surface area contributed by atoms with Crippen molar-refractivity contribution in [3.63, 3.8) is 0 Å². The number of carboxylic acid groups (broad SMARTS) is 1. The number of aryl methyl sites for hydroxylation is 3. The summed E-state index contributed by atoms with van der Waals surface area (Å²) in [6.45, 7) is 6.07. The highest BCUT2D eigenvalue weighted by atomic mass is 35.5. The number of nitrogens with one attached hydrogen (secondary N) is 1. The summed E-state index contributed by atoms with van der Waals surface area (Å²) in [7, 11) is 0. The van der Waals surface area contributed by atoms with Crippen LogP contribution in [0, 0.1) is 20.8 Å². The third kappa shape index (κ3) is 2.73. The summed E-state index contributed by atoms with van der Waals surface area (Å²) >= 11 is 6.37. The number of halogens is 1. The molecule has 0 aliphatic carbocycles. The van der Waals surface area contributed by atoms with E-state index < -0.39 is 5.97 Å². The van der Waals surface area contributed by atoms with Crippen LogP contribution in [0.2, 0.25) is 5.02 Å². The van der Waals surface area contributed by atoms with E-state index in [2.05, 4.69) is 11.1 Å². The molecule has 0 saturated heterocycles. The van der Waals surface area contributed by atoms with Crippen LogP contribution < -0.4 is 0 Å². The number of H-pyrrole nitrogens is 1. The molecule has 0 bridgehead atoms. The van der Waals surface area contributed by atoms with Gasteiger partial charge in [0.25, 0.3) is 0 Å². The Morgan fingerprint density at radius 3 is 2.52 bits per heavy atom. The summed E-state index contributed by atoms with van der Waals surface area (Å²) in [5.74, 6) is -0.866. The number of hydrogen-bond donors (Lipinski definition) is 2. The number of rotatable bonds is 3. The maximum absolute atomic E-state index is 11.4. The first-order valence-corrected chi connectivity index (χ1v) is 7.85. The standard InChI is InChI=1S/C19H18ClNO2/c1-10-4-6-13(12(3)8-10)19-14(9-16(22)23)17-15(20)7-5-11(2)18(17)21-19/h4-8,21H,9H2,1-3H3,(H,22,23). The van der Waals surface area contributed by atoms with Crippen molar-refractivity contribution in [1.82, 2.24) is 4.98 Å². The van der Waals surface area contributed by atoms with Crippen molar-refractivity contribution in [3.8, 4) is 11.3 Å². The number of hydrogen-bond acceptors (Lipinski definition) is 1. The molecule has 23 heavy (non-hydrogen) atoms. The van der Waals surface area contributed by atoms with Crippen LogP contribution in [-0.2, 0) is 11.2 Å². The molecule has 2 aromatic carbocycles. The van der Waals surface area contributed by atoms with Crippen LogP contribution in [0.3, 0.4) is 0 Å². The molecule has 0 saturated carbocycles. The zero-order chi connectivity index (χ0) is 16.7. The summed E-state index contributed by atoms with van der Waals surface area (Å²) in [6, 6.07) is 9.93. The maximum Gasteiger partial charge on any atom is 0.307 e. The van der Waals surface area contributed by atoms with E-state index in [0.29, 0.717) is 5.02 Å². The first-order valence-electron chi connectivity index (χ1n) is 7.47. The van der Waals surface area contributed by atoms with E-state index in [1.54, 1.807) is 0 Å². The second-order valence-corrected chi connectivity index (χ2v) is 6.39. The molecule has 3 rings (SSSR count). The molecular formula is C19H18ClNO2. The van der Waals surface area contributed by atoms with Crippen molar-refractivity contribution in [3.05, 3.63) is 57.6 Å². The number of fused-ring (bicyclic) bond motifs is 1. The normalized spacial score (nSPS) is 11.1. The zero-order valence-electron chi connectivity index (χ0n) is 13.3. The van der Waals surface area contributed by atoms with Gasteiger partial charge in [-0.1, -0.05) is 41.4 Å². The number of carboxylic acids is 1. The summed E-state index contributed by atoms with van der Waals surface area (Å²) in [5.41, 5.74) is 6.84. The van der Waals surface area contributed by atoms with Gasteiger partial charge in [-0.3, -0.25) is 4.79 Å². The van der Waals surface area contributed by atoms with Crippen LogP contribution in [0.4, 0.5) is 0 Å². The van der Waals surface area contributed by atoms with Gasteiger partial charge in [0.15, 0.2) is 0 Å². The van der Waals surface area contributed by atoms with E-state index >= 15 is 0 Å². The van der Waals surface area contributed by atoms with E-state index in [0.717, 1.165) is 38.9 Å².